The van der Waals surface area contributed by atoms with Crippen LogP contribution in [0, 0.1) is 0 Å². The molecule has 0 radical (unpaired) electrons. The van der Waals surface area contributed by atoms with Gasteiger partial charge in [-0.15, -0.1) is 11.8 Å². The molecule has 0 aliphatic carbocycles. The first-order valence-corrected chi connectivity index (χ1v) is 4.94. The molecule has 0 saturated carbocycles. The molecular formula is C8H12N2OS. The number of hydrogen-bond acceptors (Lipinski definition) is 4. The van der Waals surface area contributed by atoms with Crippen LogP contribution in [0.4, 0.5) is 5.82 Å². The molecule has 12 heavy (non-hydrogen) atoms. The van der Waals surface area contributed by atoms with Crippen LogP contribution in [-0.2, 0) is 0 Å². The Morgan fingerprint density at radius 1 is 1.67 bits per heavy atom. The lowest BCUT2D eigenvalue weighted by Crippen LogP contribution is -2.06. The van der Waals surface area contributed by atoms with Gasteiger partial charge in [0.15, 0.2) is 0 Å². The molecule has 0 aromatic carbocycles. The zero-order valence-electron chi connectivity index (χ0n) is 6.95. The molecule has 3 nitrogen and oxygen atoms in total. The van der Waals surface area contributed by atoms with Crippen molar-refractivity contribution in [3.8, 4) is 0 Å². The number of rotatable bonds is 4. The summed E-state index contributed by atoms with van der Waals surface area (Å²) in [6, 6.07) is 3.91. The number of hydrogen-bond donors (Lipinski definition) is 2. The normalized spacial score (nSPS) is 9.83. The lowest BCUT2D eigenvalue weighted by atomic mass is 10.4. The van der Waals surface area contributed by atoms with Gasteiger partial charge in [0, 0.05) is 17.6 Å². The Hall–Kier alpha value is -0.740. The minimum Gasteiger partial charge on any atom is -0.395 e. The predicted molar refractivity (Wildman–Crippen MR) is 51.6 cm³/mol. The Bertz CT molecular complexity index is 242. The SMILES string of the molecule is CSc1ccnc(NCCO)c1. The Balaban J connectivity index is 2.60. The van der Waals surface area contributed by atoms with Gasteiger partial charge in [0.25, 0.3) is 0 Å². The molecule has 1 aromatic heterocycles. The standard InChI is InChI=1S/C8H12N2OS/c1-12-7-2-3-9-8(6-7)10-4-5-11/h2-3,6,11H,4-5H2,1H3,(H,9,10). The van der Waals surface area contributed by atoms with E-state index in [0.717, 1.165) is 5.82 Å². The maximum Gasteiger partial charge on any atom is 0.127 e. The zero-order valence-corrected chi connectivity index (χ0v) is 7.77. The number of nitrogens with one attached hydrogen (secondary N) is 1. The van der Waals surface area contributed by atoms with Gasteiger partial charge in [-0.05, 0) is 18.4 Å². The molecule has 0 aliphatic heterocycles. The van der Waals surface area contributed by atoms with Crippen molar-refractivity contribution in [1.29, 1.82) is 0 Å². The van der Waals surface area contributed by atoms with Crippen molar-refractivity contribution in [2.45, 2.75) is 4.90 Å². The molecule has 66 valence electrons. The van der Waals surface area contributed by atoms with Crippen LogP contribution in [0.5, 0.6) is 0 Å². The van der Waals surface area contributed by atoms with Crippen molar-refractivity contribution in [2.75, 3.05) is 24.7 Å². The highest BCUT2D eigenvalue weighted by Gasteiger charge is 1.93. The summed E-state index contributed by atoms with van der Waals surface area (Å²) in [5, 5.41) is 11.6. The van der Waals surface area contributed by atoms with Crippen LogP contribution in [-0.4, -0.2) is 29.5 Å². The summed E-state index contributed by atoms with van der Waals surface area (Å²) < 4.78 is 0. The Morgan fingerprint density at radius 2 is 2.50 bits per heavy atom. The quantitative estimate of drug-likeness (QED) is 0.690. The molecule has 0 saturated heterocycles. The van der Waals surface area contributed by atoms with Crippen LogP contribution in [0.25, 0.3) is 0 Å². The monoisotopic (exact) mass is 184 g/mol. The summed E-state index contributed by atoms with van der Waals surface area (Å²) in [5.41, 5.74) is 0. The van der Waals surface area contributed by atoms with Gasteiger partial charge in [-0.1, -0.05) is 0 Å². The summed E-state index contributed by atoms with van der Waals surface area (Å²) in [7, 11) is 0. The van der Waals surface area contributed by atoms with Crippen molar-refractivity contribution in [3.05, 3.63) is 18.3 Å². The van der Waals surface area contributed by atoms with E-state index in [2.05, 4.69) is 10.3 Å². The second-order valence-electron chi connectivity index (χ2n) is 2.23. The molecule has 2 N–H and O–H groups in total. The van der Waals surface area contributed by atoms with E-state index in [9.17, 15) is 0 Å². The molecule has 0 unspecified atom stereocenters. The maximum atomic E-state index is 8.56. The van der Waals surface area contributed by atoms with Crippen molar-refractivity contribution in [2.24, 2.45) is 0 Å². The van der Waals surface area contributed by atoms with Crippen molar-refractivity contribution in [3.63, 3.8) is 0 Å². The van der Waals surface area contributed by atoms with Gasteiger partial charge in [-0.25, -0.2) is 4.98 Å². The highest BCUT2D eigenvalue weighted by molar-refractivity contribution is 7.98. The largest absolute Gasteiger partial charge is 0.395 e. The Morgan fingerprint density at radius 3 is 3.17 bits per heavy atom. The predicted octanol–water partition coefficient (Wildman–Crippen LogP) is 1.21. The molecule has 1 rings (SSSR count). The molecule has 1 heterocycles. The van der Waals surface area contributed by atoms with Gasteiger partial charge in [-0.3, -0.25) is 0 Å². The van der Waals surface area contributed by atoms with Gasteiger partial charge < -0.3 is 10.4 Å². The molecule has 0 aliphatic rings. The third kappa shape index (κ3) is 2.71. The second kappa shape index (κ2) is 5.00. The van der Waals surface area contributed by atoms with Crippen LogP contribution >= 0.6 is 11.8 Å². The third-order valence-corrected chi connectivity index (χ3v) is 2.11. The van der Waals surface area contributed by atoms with E-state index in [1.165, 1.54) is 4.90 Å². The van der Waals surface area contributed by atoms with Crippen LogP contribution in [0.3, 0.4) is 0 Å². The molecule has 4 heteroatoms. The van der Waals surface area contributed by atoms with Gasteiger partial charge in [-0.2, -0.15) is 0 Å². The highest BCUT2D eigenvalue weighted by atomic mass is 32.2. The lowest BCUT2D eigenvalue weighted by molar-refractivity contribution is 0.311. The van der Waals surface area contributed by atoms with Crippen LogP contribution in [0.2, 0.25) is 0 Å². The van der Waals surface area contributed by atoms with Gasteiger partial charge >= 0.3 is 0 Å². The number of aliphatic hydroxyl groups excluding tert-OH is 1. The zero-order chi connectivity index (χ0) is 8.81. The van der Waals surface area contributed by atoms with E-state index in [1.54, 1.807) is 18.0 Å². The molecule has 0 amide bonds. The first-order chi connectivity index (χ1) is 5.86. The summed E-state index contributed by atoms with van der Waals surface area (Å²) in [5.74, 6) is 0.816. The smallest absolute Gasteiger partial charge is 0.127 e. The number of nitrogens with zero attached hydrogens (tertiary/aromatic N) is 1. The summed E-state index contributed by atoms with van der Waals surface area (Å²) in [4.78, 5) is 5.26. The van der Waals surface area contributed by atoms with E-state index in [-0.39, 0.29) is 6.61 Å². The molecule has 0 spiro atoms. The van der Waals surface area contributed by atoms with E-state index in [0.29, 0.717) is 6.54 Å². The number of thioether (sulfide) groups is 1. The topological polar surface area (TPSA) is 45.2 Å². The minimum atomic E-state index is 0.130. The summed E-state index contributed by atoms with van der Waals surface area (Å²) >= 11 is 1.67. The van der Waals surface area contributed by atoms with Crippen LogP contribution < -0.4 is 5.32 Å². The molecular weight excluding hydrogens is 172 g/mol. The van der Waals surface area contributed by atoms with Crippen molar-refractivity contribution < 1.29 is 5.11 Å². The fourth-order valence-electron chi connectivity index (χ4n) is 0.819. The lowest BCUT2D eigenvalue weighted by Gasteiger charge is -2.03. The molecule has 0 fully saturated rings. The first-order valence-electron chi connectivity index (χ1n) is 3.71. The maximum absolute atomic E-state index is 8.56. The molecule has 0 atom stereocenters. The second-order valence-corrected chi connectivity index (χ2v) is 3.11. The average molecular weight is 184 g/mol. The fraction of sp³-hybridized carbons (Fsp3) is 0.375. The van der Waals surface area contributed by atoms with Gasteiger partial charge in [0.2, 0.25) is 0 Å². The average Bonchev–Trinajstić information content (AvgIpc) is 2.15. The van der Waals surface area contributed by atoms with E-state index in [1.807, 2.05) is 18.4 Å². The number of pyridine rings is 1. The third-order valence-electron chi connectivity index (χ3n) is 1.39. The number of aliphatic hydroxyl groups is 1. The molecule has 0 bridgehead atoms. The van der Waals surface area contributed by atoms with Crippen molar-refractivity contribution >= 4 is 17.6 Å². The van der Waals surface area contributed by atoms with E-state index in [4.69, 9.17) is 5.11 Å². The number of anilines is 1. The van der Waals surface area contributed by atoms with Gasteiger partial charge in [0.1, 0.15) is 5.82 Å². The minimum absolute atomic E-state index is 0.130. The van der Waals surface area contributed by atoms with Crippen LogP contribution in [0.15, 0.2) is 23.2 Å². The number of aromatic nitrogens is 1. The summed E-state index contributed by atoms with van der Waals surface area (Å²) in [6.45, 7) is 0.677. The first kappa shape index (κ1) is 9.35. The van der Waals surface area contributed by atoms with Crippen LogP contribution in [0.1, 0.15) is 0 Å². The van der Waals surface area contributed by atoms with E-state index < -0.39 is 0 Å². The van der Waals surface area contributed by atoms with Crippen molar-refractivity contribution in [1.82, 2.24) is 4.98 Å². The molecule has 1 aromatic rings. The highest BCUT2D eigenvalue weighted by Crippen LogP contribution is 2.16. The Kier molecular flexibility index (Phi) is 3.90. The van der Waals surface area contributed by atoms with E-state index >= 15 is 0 Å². The Labute approximate surface area is 76.2 Å². The fourth-order valence-corrected chi connectivity index (χ4v) is 1.25. The summed E-state index contributed by atoms with van der Waals surface area (Å²) in [6.07, 6.45) is 3.77. The van der Waals surface area contributed by atoms with Gasteiger partial charge in [0.05, 0.1) is 6.61 Å².